The maximum atomic E-state index is 12.1. The Morgan fingerprint density at radius 3 is 2.74 bits per heavy atom. The van der Waals surface area contributed by atoms with E-state index in [0.717, 1.165) is 6.42 Å². The molecule has 2 N–H and O–H groups in total. The van der Waals surface area contributed by atoms with Gasteiger partial charge in [-0.3, -0.25) is 14.4 Å². The molecular formula is C16H20ClN3O3. The third kappa shape index (κ3) is 4.45. The van der Waals surface area contributed by atoms with Crippen molar-refractivity contribution >= 4 is 35.0 Å². The summed E-state index contributed by atoms with van der Waals surface area (Å²) in [6.45, 7) is 2.73. The largest absolute Gasteiger partial charge is 0.355 e. The summed E-state index contributed by atoms with van der Waals surface area (Å²) < 4.78 is 0. The molecule has 1 aliphatic rings. The number of nitrogens with zero attached hydrogens (tertiary/aromatic N) is 1. The zero-order valence-corrected chi connectivity index (χ0v) is 13.7. The molecule has 1 aliphatic heterocycles. The van der Waals surface area contributed by atoms with Crippen molar-refractivity contribution in [3.05, 3.63) is 29.3 Å². The molecule has 2 rings (SSSR count). The van der Waals surface area contributed by atoms with Gasteiger partial charge in [-0.2, -0.15) is 0 Å². The van der Waals surface area contributed by atoms with Crippen molar-refractivity contribution in [3.63, 3.8) is 0 Å². The zero-order valence-electron chi connectivity index (χ0n) is 13.0. The minimum Gasteiger partial charge on any atom is -0.355 e. The first-order chi connectivity index (χ1) is 11.0. The van der Waals surface area contributed by atoms with Gasteiger partial charge in [-0.25, -0.2) is 0 Å². The summed E-state index contributed by atoms with van der Waals surface area (Å²) in [5, 5.41) is 5.73. The van der Waals surface area contributed by atoms with Crippen molar-refractivity contribution < 1.29 is 14.4 Å². The van der Waals surface area contributed by atoms with E-state index in [2.05, 4.69) is 10.6 Å². The highest BCUT2D eigenvalue weighted by Gasteiger charge is 2.35. The Morgan fingerprint density at radius 1 is 1.30 bits per heavy atom. The molecule has 1 fully saturated rings. The van der Waals surface area contributed by atoms with E-state index in [-0.39, 0.29) is 37.2 Å². The van der Waals surface area contributed by atoms with Gasteiger partial charge in [-0.1, -0.05) is 30.7 Å². The molecule has 0 saturated carbocycles. The van der Waals surface area contributed by atoms with Crippen LogP contribution in [0, 0.1) is 5.92 Å². The van der Waals surface area contributed by atoms with Gasteiger partial charge >= 0.3 is 0 Å². The molecule has 0 radical (unpaired) electrons. The van der Waals surface area contributed by atoms with Crippen molar-refractivity contribution in [1.82, 2.24) is 10.6 Å². The number of hydrogen-bond acceptors (Lipinski definition) is 3. The van der Waals surface area contributed by atoms with Crippen molar-refractivity contribution in [1.29, 1.82) is 0 Å². The average Bonchev–Trinajstić information content (AvgIpc) is 2.93. The fourth-order valence-corrected chi connectivity index (χ4v) is 2.66. The van der Waals surface area contributed by atoms with Gasteiger partial charge in [-0.05, 0) is 18.6 Å². The van der Waals surface area contributed by atoms with Gasteiger partial charge < -0.3 is 15.5 Å². The Labute approximate surface area is 140 Å². The Kier molecular flexibility index (Phi) is 5.98. The second-order valence-corrected chi connectivity index (χ2v) is 5.83. The van der Waals surface area contributed by atoms with Gasteiger partial charge in [0.25, 0.3) is 0 Å². The van der Waals surface area contributed by atoms with E-state index in [9.17, 15) is 14.4 Å². The summed E-state index contributed by atoms with van der Waals surface area (Å²) >= 11 is 6.10. The highest BCUT2D eigenvalue weighted by atomic mass is 35.5. The number of carbonyl (C=O) groups is 3. The van der Waals surface area contributed by atoms with Gasteiger partial charge in [0.15, 0.2) is 0 Å². The molecule has 1 unspecified atom stereocenters. The summed E-state index contributed by atoms with van der Waals surface area (Å²) in [5.41, 5.74) is 0.607. The molecule has 6 nitrogen and oxygen atoms in total. The summed E-state index contributed by atoms with van der Waals surface area (Å²) in [7, 11) is 0. The quantitative estimate of drug-likeness (QED) is 0.822. The van der Waals surface area contributed by atoms with Crippen LogP contribution in [-0.4, -0.2) is 37.4 Å². The van der Waals surface area contributed by atoms with Crippen molar-refractivity contribution in [2.24, 2.45) is 5.92 Å². The van der Waals surface area contributed by atoms with Crippen LogP contribution < -0.4 is 15.5 Å². The molecule has 1 atom stereocenters. The van der Waals surface area contributed by atoms with Crippen molar-refractivity contribution in [2.75, 3.05) is 24.5 Å². The monoisotopic (exact) mass is 337 g/mol. The lowest BCUT2D eigenvalue weighted by Crippen LogP contribution is -2.40. The molecule has 0 bridgehead atoms. The van der Waals surface area contributed by atoms with E-state index in [4.69, 9.17) is 11.6 Å². The molecule has 0 aromatic heterocycles. The number of para-hydroxylation sites is 1. The van der Waals surface area contributed by atoms with Crippen LogP contribution in [0.4, 0.5) is 5.69 Å². The van der Waals surface area contributed by atoms with Crippen LogP contribution in [0.1, 0.15) is 19.8 Å². The van der Waals surface area contributed by atoms with Crippen LogP contribution in [-0.2, 0) is 14.4 Å². The maximum Gasteiger partial charge on any atom is 0.239 e. The first-order valence-corrected chi connectivity index (χ1v) is 8.00. The van der Waals surface area contributed by atoms with Gasteiger partial charge in [0.05, 0.1) is 23.2 Å². The predicted molar refractivity (Wildman–Crippen MR) is 88.2 cm³/mol. The first-order valence-electron chi connectivity index (χ1n) is 7.62. The topological polar surface area (TPSA) is 78.5 Å². The van der Waals surface area contributed by atoms with Crippen LogP contribution in [0.15, 0.2) is 24.3 Å². The smallest absolute Gasteiger partial charge is 0.239 e. The normalized spacial score (nSPS) is 17.2. The van der Waals surface area contributed by atoms with Crippen LogP contribution in [0.3, 0.4) is 0 Å². The number of carbonyl (C=O) groups excluding carboxylic acids is 3. The van der Waals surface area contributed by atoms with E-state index in [0.29, 0.717) is 17.3 Å². The molecule has 23 heavy (non-hydrogen) atoms. The van der Waals surface area contributed by atoms with Gasteiger partial charge in [0.1, 0.15) is 0 Å². The lowest BCUT2D eigenvalue weighted by atomic mass is 10.1. The van der Waals surface area contributed by atoms with Gasteiger partial charge in [-0.15, -0.1) is 0 Å². The molecule has 7 heteroatoms. The number of nitrogens with one attached hydrogen (secondary N) is 2. The Morgan fingerprint density at radius 2 is 2.04 bits per heavy atom. The predicted octanol–water partition coefficient (Wildman–Crippen LogP) is 1.34. The van der Waals surface area contributed by atoms with E-state index in [1.54, 1.807) is 24.3 Å². The lowest BCUT2D eigenvalue weighted by molar-refractivity contribution is -0.128. The Bertz CT molecular complexity index is 606. The number of rotatable bonds is 6. The first kappa shape index (κ1) is 17.3. The number of hydrogen-bond donors (Lipinski definition) is 2. The molecular weight excluding hydrogens is 318 g/mol. The highest BCUT2D eigenvalue weighted by molar-refractivity contribution is 6.33. The fourth-order valence-electron chi connectivity index (χ4n) is 2.43. The third-order valence-electron chi connectivity index (χ3n) is 3.63. The molecule has 3 amide bonds. The Hall–Kier alpha value is -2.08. The van der Waals surface area contributed by atoms with Crippen LogP contribution in [0.25, 0.3) is 0 Å². The van der Waals surface area contributed by atoms with Crippen LogP contribution >= 0.6 is 11.6 Å². The molecule has 1 aromatic carbocycles. The number of anilines is 1. The maximum absolute atomic E-state index is 12.1. The molecule has 1 heterocycles. The number of benzene rings is 1. The highest BCUT2D eigenvalue weighted by Crippen LogP contribution is 2.30. The third-order valence-corrected chi connectivity index (χ3v) is 3.95. The lowest BCUT2D eigenvalue weighted by Gasteiger charge is -2.18. The van der Waals surface area contributed by atoms with Gasteiger partial charge in [0, 0.05) is 19.5 Å². The molecule has 1 saturated heterocycles. The molecule has 0 spiro atoms. The summed E-state index contributed by atoms with van der Waals surface area (Å²) in [6, 6.07) is 7.03. The standard InChI is InChI=1S/C16H20ClN3O3/c1-2-7-18-14(21)9-19-16(23)11-8-15(22)20(10-11)13-6-4-3-5-12(13)17/h3-6,11H,2,7-10H2,1H3,(H,18,21)(H,19,23). The molecule has 0 aliphatic carbocycles. The molecule has 124 valence electrons. The van der Waals surface area contributed by atoms with Gasteiger partial charge in [0.2, 0.25) is 17.7 Å². The fraction of sp³-hybridized carbons (Fsp3) is 0.438. The summed E-state index contributed by atoms with van der Waals surface area (Å²) in [6.07, 6.45) is 0.956. The van der Waals surface area contributed by atoms with E-state index >= 15 is 0 Å². The average molecular weight is 338 g/mol. The van der Waals surface area contributed by atoms with Crippen molar-refractivity contribution in [2.45, 2.75) is 19.8 Å². The second kappa shape index (κ2) is 7.97. The number of amides is 3. The summed E-state index contributed by atoms with van der Waals surface area (Å²) in [4.78, 5) is 37.3. The van der Waals surface area contributed by atoms with E-state index < -0.39 is 5.92 Å². The SMILES string of the molecule is CCCNC(=O)CNC(=O)C1CC(=O)N(c2ccccc2Cl)C1. The van der Waals surface area contributed by atoms with E-state index in [1.165, 1.54) is 4.90 Å². The minimum atomic E-state index is -0.474. The Balaban J connectivity index is 1.91. The van der Waals surface area contributed by atoms with Crippen LogP contribution in [0.5, 0.6) is 0 Å². The number of halogens is 1. The van der Waals surface area contributed by atoms with Crippen LogP contribution in [0.2, 0.25) is 5.02 Å². The van der Waals surface area contributed by atoms with E-state index in [1.807, 2.05) is 6.92 Å². The molecule has 1 aromatic rings. The second-order valence-electron chi connectivity index (χ2n) is 5.42. The zero-order chi connectivity index (χ0) is 16.8. The minimum absolute atomic E-state index is 0.0738. The summed E-state index contributed by atoms with van der Waals surface area (Å²) in [5.74, 6) is -1.14. The van der Waals surface area contributed by atoms with Crippen molar-refractivity contribution in [3.8, 4) is 0 Å².